The Morgan fingerprint density at radius 1 is 1.00 bits per heavy atom. The molecule has 1 saturated carbocycles. The number of thioether (sulfide) groups is 1. The summed E-state index contributed by atoms with van der Waals surface area (Å²) >= 11 is 1.77. The van der Waals surface area contributed by atoms with Crippen molar-refractivity contribution in [1.29, 1.82) is 0 Å². The molecule has 12 atom stereocenters. The number of piperidine rings is 1. The fourth-order valence-corrected chi connectivity index (χ4v) is 14.9. The highest BCUT2D eigenvalue weighted by molar-refractivity contribution is 7.99. The molecule has 2 N–H and O–H groups in total. The number of hydrogen-bond donors (Lipinski definition) is 2. The minimum atomic E-state index is -2.51. The summed E-state index contributed by atoms with van der Waals surface area (Å²) in [4.78, 5) is 64.1. The van der Waals surface area contributed by atoms with E-state index in [0.717, 1.165) is 38.3 Å². The van der Waals surface area contributed by atoms with E-state index in [9.17, 15) is 24.6 Å². The Kier molecular flexibility index (Phi) is 11.3. The molecule has 6 heterocycles. The fourth-order valence-electron chi connectivity index (χ4n) is 14.2. The van der Waals surface area contributed by atoms with Gasteiger partial charge in [0.15, 0.2) is 13.4 Å². The molecule has 1 aromatic rings. The van der Waals surface area contributed by atoms with Crippen LogP contribution in [0.3, 0.4) is 0 Å². The molecule has 2 aliphatic carbocycles. The molecule has 2 bridgehead atoms. The van der Waals surface area contributed by atoms with E-state index >= 15 is 4.79 Å². The van der Waals surface area contributed by atoms with Crippen molar-refractivity contribution in [3.63, 3.8) is 0 Å². The average molecular weight is 883 g/mol. The van der Waals surface area contributed by atoms with Gasteiger partial charge in [-0.2, -0.15) is 0 Å². The molecule has 3 unspecified atom stereocenters. The van der Waals surface area contributed by atoms with Crippen molar-refractivity contribution in [2.24, 2.45) is 28.1 Å². The van der Waals surface area contributed by atoms with Crippen molar-refractivity contribution in [3.05, 3.63) is 64.8 Å². The van der Waals surface area contributed by atoms with Crippen LogP contribution >= 0.6 is 11.8 Å². The van der Waals surface area contributed by atoms with E-state index in [1.807, 2.05) is 32.1 Å². The molecule has 1 amide bonds. The highest BCUT2D eigenvalue weighted by atomic mass is 32.2. The molecule has 63 heavy (non-hydrogen) atoms. The third-order valence-electron chi connectivity index (χ3n) is 16.4. The number of carbonyl (C=O) groups is 4. The van der Waals surface area contributed by atoms with Gasteiger partial charge in [0, 0.05) is 73.6 Å². The third kappa shape index (κ3) is 6.15. The topological polar surface area (TPSA) is 155 Å². The van der Waals surface area contributed by atoms with Crippen LogP contribution in [0.5, 0.6) is 0 Å². The first-order valence-corrected chi connectivity index (χ1v) is 23.7. The van der Waals surface area contributed by atoms with Crippen molar-refractivity contribution < 1.29 is 48.3 Å². The second kappa shape index (κ2) is 16.0. The van der Waals surface area contributed by atoms with Gasteiger partial charge in [-0.05, 0) is 91.7 Å². The molecule has 13 nitrogen and oxygen atoms in total. The molecular formula is C48H61BN3O10S. The van der Waals surface area contributed by atoms with E-state index in [1.54, 1.807) is 18.9 Å². The highest BCUT2D eigenvalue weighted by Gasteiger charge is 2.82. The van der Waals surface area contributed by atoms with Gasteiger partial charge in [-0.25, -0.2) is 4.79 Å². The summed E-state index contributed by atoms with van der Waals surface area (Å²) < 4.78 is 24.1. The number of ether oxygens (including phenoxy) is 4. The smallest absolute Gasteiger partial charge is 0.344 e. The quantitative estimate of drug-likeness (QED) is 0.0882. The molecule has 4 fully saturated rings. The SMILES string of the molecule is CCSc1ccc2c(c1)C1=C([B]2)[C@@](C(=O)OC)(C2C=C3C(=CC2OC)N(C=O)[C@H]2[C@@](O)(C(=O)OC)[C@H](OC(C)=O)[C@]4(CC)C=CCN5CC[C@]32[C@@H]54)C[C@@H]2CN(CC1)C[C@](O)(CC)C2. The van der Waals surface area contributed by atoms with E-state index < -0.39 is 75.6 Å². The maximum atomic E-state index is 15.5. The number of amides is 1. The van der Waals surface area contributed by atoms with E-state index in [2.05, 4.69) is 48.3 Å². The highest BCUT2D eigenvalue weighted by Crippen LogP contribution is 2.70. The van der Waals surface area contributed by atoms with Gasteiger partial charge in [0.1, 0.15) is 0 Å². The minimum Gasteiger partial charge on any atom is -0.468 e. The number of rotatable bonds is 10. The Morgan fingerprint density at radius 2 is 1.78 bits per heavy atom. The van der Waals surface area contributed by atoms with Crippen LogP contribution in [0.2, 0.25) is 0 Å². The molecule has 9 rings (SSSR count). The number of esters is 3. The van der Waals surface area contributed by atoms with E-state index in [0.29, 0.717) is 83.4 Å². The van der Waals surface area contributed by atoms with E-state index in [-0.39, 0.29) is 5.92 Å². The predicted molar refractivity (Wildman–Crippen MR) is 238 cm³/mol. The molecule has 1 spiro atoms. The van der Waals surface area contributed by atoms with Crippen LogP contribution in [0.15, 0.2) is 64.1 Å². The molecule has 1 aromatic carbocycles. The van der Waals surface area contributed by atoms with Crippen LogP contribution in [0.4, 0.5) is 0 Å². The molecule has 15 heteroatoms. The van der Waals surface area contributed by atoms with Crippen molar-refractivity contribution in [3.8, 4) is 0 Å². The van der Waals surface area contributed by atoms with Crippen molar-refractivity contribution >= 4 is 54.4 Å². The molecule has 6 aliphatic heterocycles. The van der Waals surface area contributed by atoms with Crippen LogP contribution < -0.4 is 5.46 Å². The molecule has 8 aliphatic rings. The lowest BCUT2D eigenvalue weighted by atomic mass is 9.46. The zero-order valence-corrected chi connectivity index (χ0v) is 38.4. The lowest BCUT2D eigenvalue weighted by Crippen LogP contribution is -2.80. The summed E-state index contributed by atoms with van der Waals surface area (Å²) in [5.74, 6) is -2.00. The zero-order valence-electron chi connectivity index (χ0n) is 37.6. The normalized spacial score (nSPS) is 39.8. The van der Waals surface area contributed by atoms with Gasteiger partial charge in [-0.3, -0.25) is 24.2 Å². The van der Waals surface area contributed by atoms with Crippen LogP contribution in [0.25, 0.3) is 5.57 Å². The van der Waals surface area contributed by atoms with Gasteiger partial charge in [0.2, 0.25) is 12.0 Å². The number of nitrogens with zero attached hydrogens (tertiary/aromatic N) is 3. The van der Waals surface area contributed by atoms with Crippen molar-refractivity contribution in [2.45, 2.75) is 107 Å². The molecular weight excluding hydrogens is 821 g/mol. The van der Waals surface area contributed by atoms with Gasteiger partial charge in [0.25, 0.3) is 0 Å². The largest absolute Gasteiger partial charge is 0.468 e. The van der Waals surface area contributed by atoms with Gasteiger partial charge >= 0.3 is 17.9 Å². The lowest BCUT2D eigenvalue weighted by Gasteiger charge is -2.63. The Labute approximate surface area is 375 Å². The van der Waals surface area contributed by atoms with Gasteiger partial charge in [0.05, 0.1) is 37.4 Å². The summed E-state index contributed by atoms with van der Waals surface area (Å²) in [5, 5.41) is 25.5. The Balaban J connectivity index is 1.33. The summed E-state index contributed by atoms with van der Waals surface area (Å²) in [5.41, 5.74) is -1.74. The van der Waals surface area contributed by atoms with Crippen LogP contribution in [-0.2, 0) is 38.1 Å². The lowest BCUT2D eigenvalue weighted by molar-refractivity contribution is -0.242. The Morgan fingerprint density at radius 3 is 2.44 bits per heavy atom. The molecule has 3 saturated heterocycles. The zero-order chi connectivity index (χ0) is 44.9. The summed E-state index contributed by atoms with van der Waals surface area (Å²) in [6, 6.07) is 4.83. The van der Waals surface area contributed by atoms with Gasteiger partial charge in [-0.1, -0.05) is 56.0 Å². The maximum Gasteiger partial charge on any atom is 0.344 e. The standard InChI is InChI=1S/C48H61BN3O10S/c1-8-44(57)23-29-24-47(42(55)60-6,38-31(14-18-50(25-29)26-44)32-20-30(63-10-3)12-13-35(32)49-38)34-21-33-36(22-37(34)59-5)52(27-53)40-46(33)16-19-51-17-11-15-45(9-2,39(46)51)41(62-28(4)54)48(40,58)43(56)61-7/h11-13,15,20-22,27,29,34,37,39-41,57-58H,8-10,14,16-19,23-26H2,1-7H3/t29-,34?,37?,39+,40-,41-,44+,45-,46-,47+,48+/m1/s1. The monoisotopic (exact) mass is 882 g/mol. The number of carbonyl (C=O) groups excluding carboxylic acids is 4. The van der Waals surface area contributed by atoms with Gasteiger partial charge in [-0.15, -0.1) is 11.8 Å². The predicted octanol–water partition coefficient (Wildman–Crippen LogP) is 3.44. The van der Waals surface area contributed by atoms with E-state index in [4.69, 9.17) is 18.9 Å². The van der Waals surface area contributed by atoms with E-state index in [1.165, 1.54) is 26.0 Å². The maximum absolute atomic E-state index is 15.5. The summed E-state index contributed by atoms with van der Waals surface area (Å²) in [6.45, 7) is 10.5. The third-order valence-corrected chi connectivity index (χ3v) is 17.3. The number of aliphatic hydroxyl groups is 2. The average Bonchev–Trinajstić information content (AvgIpc) is 3.95. The van der Waals surface area contributed by atoms with Crippen LogP contribution in [-0.4, -0.2) is 152 Å². The molecule has 337 valence electrons. The minimum absolute atomic E-state index is 0.109. The molecule has 1 radical (unpaired) electrons. The number of hydrogen-bond acceptors (Lipinski definition) is 13. The number of methoxy groups -OCH3 is 3. The first-order chi connectivity index (χ1) is 30.2. The van der Waals surface area contributed by atoms with Crippen LogP contribution in [0.1, 0.15) is 71.8 Å². The number of allylic oxidation sites excluding steroid dienone is 1. The Hall–Kier alpha value is -3.73. The number of benzene rings is 1. The Bertz CT molecular complexity index is 2230. The summed E-state index contributed by atoms with van der Waals surface area (Å²) in [7, 11) is 6.40. The van der Waals surface area contributed by atoms with Crippen molar-refractivity contribution in [1.82, 2.24) is 14.7 Å². The van der Waals surface area contributed by atoms with Gasteiger partial charge < -0.3 is 34.1 Å². The number of likely N-dealkylation sites (tertiary alicyclic amines) is 1. The van der Waals surface area contributed by atoms with Crippen molar-refractivity contribution in [2.75, 3.05) is 59.8 Å². The first-order valence-electron chi connectivity index (χ1n) is 22.7. The first kappa shape index (κ1) is 44.5. The second-order valence-corrected chi connectivity index (χ2v) is 20.5. The van der Waals surface area contributed by atoms with Crippen LogP contribution in [0, 0.1) is 28.1 Å². The summed E-state index contributed by atoms with van der Waals surface area (Å²) in [6.07, 6.45) is 9.37. The second-order valence-electron chi connectivity index (χ2n) is 19.2. The number of fused-ring (bicyclic) bond motifs is 5. The fraction of sp³-hybridized carbons (Fsp3) is 0.625. The molecule has 0 aromatic heterocycles.